The minimum atomic E-state index is -0.896. The molecule has 4 aliphatic rings. The molecule has 8 rings (SSSR count). The van der Waals surface area contributed by atoms with E-state index in [9.17, 15) is 4.79 Å². The first-order valence-electron chi connectivity index (χ1n) is 17.6. The zero-order valence-electron chi connectivity index (χ0n) is 29.0. The maximum absolute atomic E-state index is 13.1. The van der Waals surface area contributed by atoms with Crippen LogP contribution in [0.3, 0.4) is 0 Å². The number of nitrogens with zero attached hydrogens (tertiary/aromatic N) is 4. The van der Waals surface area contributed by atoms with Crippen LogP contribution in [0.2, 0.25) is 0 Å². The molecule has 13 heteroatoms. The fourth-order valence-corrected chi connectivity index (χ4v) is 7.83. The van der Waals surface area contributed by atoms with Crippen LogP contribution in [-0.2, 0) is 28.5 Å². The van der Waals surface area contributed by atoms with E-state index in [0.29, 0.717) is 36.0 Å². The Morgan fingerprint density at radius 2 is 1.54 bits per heavy atom. The van der Waals surface area contributed by atoms with E-state index in [2.05, 4.69) is 64.5 Å². The highest BCUT2D eigenvalue weighted by Crippen LogP contribution is 2.44. The molecule has 1 unspecified atom stereocenters. The highest BCUT2D eigenvalue weighted by Gasteiger charge is 2.58. The first kappa shape index (κ1) is 33.0. The van der Waals surface area contributed by atoms with Crippen LogP contribution in [-0.4, -0.2) is 86.7 Å². The Kier molecular flexibility index (Phi) is 8.51. The van der Waals surface area contributed by atoms with Gasteiger partial charge in [0, 0.05) is 19.0 Å². The van der Waals surface area contributed by atoms with Crippen LogP contribution in [0.5, 0.6) is 0 Å². The summed E-state index contributed by atoms with van der Waals surface area (Å²) in [5.74, 6) is -0.747. The lowest BCUT2D eigenvalue weighted by Gasteiger charge is -2.25. The molecule has 0 bridgehead atoms. The van der Waals surface area contributed by atoms with Crippen molar-refractivity contribution in [3.63, 3.8) is 0 Å². The second-order valence-electron chi connectivity index (χ2n) is 14.3. The van der Waals surface area contributed by atoms with Crippen LogP contribution in [0.15, 0.2) is 67.0 Å². The Bertz CT molecular complexity index is 1800. The van der Waals surface area contributed by atoms with Gasteiger partial charge in [-0.2, -0.15) is 9.97 Å². The molecule has 1 aliphatic carbocycles. The summed E-state index contributed by atoms with van der Waals surface area (Å²) in [6.07, 6.45) is 0.518. The average Bonchev–Trinajstić information content (AvgIpc) is 3.89. The molecule has 5 heterocycles. The van der Waals surface area contributed by atoms with Gasteiger partial charge in [0.1, 0.15) is 18.3 Å². The summed E-state index contributed by atoms with van der Waals surface area (Å²) in [5, 5.41) is 10.1. The molecule has 2 aromatic carbocycles. The van der Waals surface area contributed by atoms with Gasteiger partial charge in [0.25, 0.3) is 5.91 Å². The lowest BCUT2D eigenvalue weighted by atomic mass is 9.91. The number of likely N-dealkylation sites (N-methyl/N-ethyl adjacent to an activating group) is 1. The number of rotatable bonds is 10. The van der Waals surface area contributed by atoms with Gasteiger partial charge in [-0.05, 0) is 58.6 Å². The molecule has 50 heavy (non-hydrogen) atoms. The summed E-state index contributed by atoms with van der Waals surface area (Å²) in [6.45, 7) is 10.5. The topological polar surface area (TPSA) is 143 Å². The number of benzene rings is 2. The van der Waals surface area contributed by atoms with E-state index in [-0.39, 0.29) is 30.1 Å². The summed E-state index contributed by atoms with van der Waals surface area (Å²) in [4.78, 5) is 28.0. The number of carbonyl (C=O) groups excluding carboxylic acids is 1. The Morgan fingerprint density at radius 3 is 2.24 bits per heavy atom. The predicted octanol–water partition coefficient (Wildman–Crippen LogP) is 4.72. The number of nitrogens with one attached hydrogen (secondary N) is 3. The largest absolute Gasteiger partial charge is 0.367 e. The van der Waals surface area contributed by atoms with Crippen molar-refractivity contribution in [2.45, 2.75) is 108 Å². The van der Waals surface area contributed by atoms with E-state index >= 15 is 0 Å². The third kappa shape index (κ3) is 6.21. The summed E-state index contributed by atoms with van der Waals surface area (Å²) >= 11 is 0. The van der Waals surface area contributed by atoms with E-state index in [0.717, 1.165) is 12.8 Å². The smallest absolute Gasteiger partial charge is 0.252 e. The van der Waals surface area contributed by atoms with Gasteiger partial charge in [0.2, 0.25) is 5.95 Å². The highest BCUT2D eigenvalue weighted by atomic mass is 16.8. The Morgan fingerprint density at radius 1 is 0.880 bits per heavy atom. The Labute approximate surface area is 291 Å². The normalized spacial score (nSPS) is 29.3. The number of hydrogen-bond donors (Lipinski definition) is 3. The minimum absolute atomic E-state index is 0.00440. The molecule has 3 aliphatic heterocycles. The summed E-state index contributed by atoms with van der Waals surface area (Å²) in [7, 11) is 0. The minimum Gasteiger partial charge on any atom is -0.367 e. The third-order valence-corrected chi connectivity index (χ3v) is 9.91. The maximum atomic E-state index is 13.1. The molecule has 4 fully saturated rings. The first-order valence-corrected chi connectivity index (χ1v) is 17.6. The number of hydrogen-bond acceptors (Lipinski definition) is 11. The van der Waals surface area contributed by atoms with Crippen molar-refractivity contribution in [1.29, 1.82) is 0 Å². The third-order valence-electron chi connectivity index (χ3n) is 9.91. The van der Waals surface area contributed by atoms with Crippen LogP contribution < -0.4 is 16.0 Å². The fourth-order valence-electron chi connectivity index (χ4n) is 7.83. The monoisotopic (exact) mass is 683 g/mol. The quantitative estimate of drug-likeness (QED) is 0.214. The van der Waals surface area contributed by atoms with Gasteiger partial charge in [0.05, 0.1) is 18.5 Å². The summed E-state index contributed by atoms with van der Waals surface area (Å²) in [5.41, 5.74) is 3.47. The van der Waals surface area contributed by atoms with Crippen molar-refractivity contribution in [3.05, 3.63) is 78.1 Å². The Balaban J connectivity index is 1.16. The van der Waals surface area contributed by atoms with Crippen LogP contribution in [0.4, 0.5) is 11.8 Å². The lowest BCUT2D eigenvalue weighted by molar-refractivity contribution is -0.197. The first-order chi connectivity index (χ1) is 24.1. The second-order valence-corrected chi connectivity index (χ2v) is 14.3. The SMILES string of the molecule is CCNC(=O)[C@H]1O[C@@H](n2cnc3c(NCC(c4ccccc4)c4ccccc4)nc(NC4CC[C@@H]5OC(C)(C)O[C@H]45)nc32)[C@@H]2OC(C)(C)O[C@@H]21. The molecule has 7 atom stereocenters. The number of aromatic nitrogens is 4. The van der Waals surface area contributed by atoms with Crippen LogP contribution in [0.1, 0.15) is 70.7 Å². The number of fused-ring (bicyclic) bond motifs is 3. The fraction of sp³-hybridized carbons (Fsp3) is 0.514. The summed E-state index contributed by atoms with van der Waals surface area (Å²) in [6, 6.07) is 20.8. The lowest BCUT2D eigenvalue weighted by Crippen LogP contribution is -2.42. The number of amides is 1. The van der Waals surface area contributed by atoms with Gasteiger partial charge in [-0.1, -0.05) is 60.7 Å². The van der Waals surface area contributed by atoms with E-state index < -0.39 is 36.1 Å². The molecule has 2 aromatic heterocycles. The van der Waals surface area contributed by atoms with E-state index in [1.807, 2.05) is 51.3 Å². The zero-order valence-corrected chi connectivity index (χ0v) is 29.0. The summed E-state index contributed by atoms with van der Waals surface area (Å²) < 4.78 is 33.3. The highest BCUT2D eigenvalue weighted by molar-refractivity contribution is 5.85. The zero-order chi connectivity index (χ0) is 34.6. The molecule has 1 amide bonds. The van der Waals surface area contributed by atoms with E-state index in [1.165, 1.54) is 11.1 Å². The van der Waals surface area contributed by atoms with Gasteiger partial charge < -0.3 is 39.6 Å². The molecule has 4 aromatic rings. The van der Waals surface area contributed by atoms with Gasteiger partial charge in [-0.25, -0.2) is 4.98 Å². The van der Waals surface area contributed by atoms with Crippen LogP contribution in [0.25, 0.3) is 11.2 Å². The van der Waals surface area contributed by atoms with E-state index in [4.69, 9.17) is 38.6 Å². The predicted molar refractivity (Wildman–Crippen MR) is 185 cm³/mol. The molecule has 3 saturated heterocycles. The average molecular weight is 684 g/mol. The van der Waals surface area contributed by atoms with Crippen molar-refractivity contribution in [1.82, 2.24) is 24.8 Å². The molecule has 3 N–H and O–H groups in total. The number of ether oxygens (including phenoxy) is 5. The van der Waals surface area contributed by atoms with Gasteiger partial charge in [0.15, 0.2) is 40.9 Å². The van der Waals surface area contributed by atoms with Crippen LogP contribution >= 0.6 is 0 Å². The van der Waals surface area contributed by atoms with Gasteiger partial charge >= 0.3 is 0 Å². The van der Waals surface area contributed by atoms with Crippen molar-refractivity contribution in [2.24, 2.45) is 0 Å². The number of imidazole rings is 1. The molecule has 264 valence electrons. The molecule has 0 spiro atoms. The standard InChI is InChI=1S/C37H45N7O6/c1-6-38-33(45)29-28-30(50-37(4,5)49-28)34(46-29)44-20-40-26-31(39-19-23(21-13-9-7-10-14-21)22-15-11-8-12-16-22)42-35(43-32(26)44)41-24-17-18-25-27(24)48-36(2,3)47-25/h7-16,20,23-25,27-30,34H,6,17-19H2,1-5H3,(H,38,45)(H2,39,41,42,43)/t24?,25-,27+,28+,29-,30+,34+/m0/s1. The molecule has 1 saturated carbocycles. The molecular formula is C37H45N7O6. The number of anilines is 2. The Hall–Kier alpha value is -4.14. The van der Waals surface area contributed by atoms with Gasteiger partial charge in [-0.3, -0.25) is 9.36 Å². The number of carbonyl (C=O) groups is 1. The van der Waals surface area contributed by atoms with Gasteiger partial charge in [-0.15, -0.1) is 0 Å². The second kappa shape index (κ2) is 12.9. The van der Waals surface area contributed by atoms with Crippen LogP contribution in [0, 0.1) is 0 Å². The van der Waals surface area contributed by atoms with E-state index in [1.54, 1.807) is 6.33 Å². The molecule has 0 radical (unpaired) electrons. The molecule has 13 nitrogen and oxygen atoms in total. The van der Waals surface area contributed by atoms with Crippen molar-refractivity contribution >= 4 is 28.8 Å². The van der Waals surface area contributed by atoms with Crippen molar-refractivity contribution < 1.29 is 28.5 Å². The van der Waals surface area contributed by atoms with Crippen molar-refractivity contribution in [2.75, 3.05) is 23.7 Å². The molecular weight excluding hydrogens is 638 g/mol. The maximum Gasteiger partial charge on any atom is 0.252 e. The van der Waals surface area contributed by atoms with Crippen molar-refractivity contribution in [3.8, 4) is 0 Å².